The summed E-state index contributed by atoms with van der Waals surface area (Å²) in [6.45, 7) is 7.58. The van der Waals surface area contributed by atoms with Crippen LogP contribution in [0, 0.1) is 13.8 Å². The van der Waals surface area contributed by atoms with Gasteiger partial charge < -0.3 is 0 Å². The molecule has 0 amide bonds. The van der Waals surface area contributed by atoms with Gasteiger partial charge in [-0.2, -0.15) is 0 Å². The van der Waals surface area contributed by atoms with E-state index in [1.807, 2.05) is 6.08 Å². The molecule has 0 fully saturated rings. The second-order valence-corrected chi connectivity index (χ2v) is 5.36. The van der Waals surface area contributed by atoms with E-state index in [4.69, 9.17) is 0 Å². The lowest BCUT2D eigenvalue weighted by Gasteiger charge is -2.02. The predicted octanol–water partition coefficient (Wildman–Crippen LogP) is 6.67. The fourth-order valence-corrected chi connectivity index (χ4v) is 2.32. The maximum Gasteiger partial charge on any atom is -0.0316 e. The summed E-state index contributed by atoms with van der Waals surface area (Å²) in [5.74, 6) is 0. The highest BCUT2D eigenvalue weighted by atomic mass is 14.0. The predicted molar refractivity (Wildman–Crippen MR) is 84.5 cm³/mol. The Hall–Kier alpha value is -0.260. The maximum absolute atomic E-state index is 3.88. The van der Waals surface area contributed by atoms with Crippen LogP contribution < -0.4 is 0 Å². The van der Waals surface area contributed by atoms with E-state index in [9.17, 15) is 0 Å². The minimum atomic E-state index is 1.12. The fraction of sp³-hybridized carbons (Fsp3) is 0.778. The second kappa shape index (κ2) is 16.7. The number of hydrogen-bond acceptors (Lipinski definition) is 0. The normalized spacial score (nSPS) is 11.4. The number of allylic oxidation sites excluding steroid dienone is 2. The molecule has 0 heteroatoms. The molecule has 18 heavy (non-hydrogen) atoms. The van der Waals surface area contributed by atoms with Gasteiger partial charge in [-0.3, -0.25) is 0 Å². The summed E-state index contributed by atoms with van der Waals surface area (Å²) in [5.41, 5.74) is 0. The molecule has 0 saturated carbocycles. The molecule has 0 aliphatic carbocycles. The zero-order valence-electron chi connectivity index (χ0n) is 12.5. The van der Waals surface area contributed by atoms with Crippen LogP contribution in [0.5, 0.6) is 0 Å². The van der Waals surface area contributed by atoms with Crippen molar-refractivity contribution in [3.8, 4) is 0 Å². The van der Waals surface area contributed by atoms with E-state index in [2.05, 4.69) is 19.9 Å². The standard InChI is InChI=1S/C18H34/c1-3-5-7-9-11-13-15-17-18-16-14-12-10-8-6-4-2/h3,5H,1-2,4,6-18H2. The van der Waals surface area contributed by atoms with Crippen molar-refractivity contribution in [3.05, 3.63) is 26.0 Å². The Labute approximate surface area is 116 Å². The van der Waals surface area contributed by atoms with Crippen LogP contribution in [0.1, 0.15) is 89.9 Å². The number of hydrogen-bond donors (Lipinski definition) is 0. The zero-order chi connectivity index (χ0) is 13.3. The zero-order valence-corrected chi connectivity index (χ0v) is 12.5. The third kappa shape index (κ3) is 15.7. The van der Waals surface area contributed by atoms with E-state index in [1.165, 1.54) is 83.5 Å². The molecule has 0 heterocycles. The molecule has 0 aliphatic rings. The SMILES string of the molecule is [CH2]C=CCCCCCCCCCCCCCC[CH2]. The molecule has 0 aliphatic heterocycles. The smallest absolute Gasteiger partial charge is 0.0316 e. The molecule has 0 N–H and O–H groups in total. The third-order valence-corrected chi connectivity index (χ3v) is 3.54. The number of rotatable bonds is 14. The highest BCUT2D eigenvalue weighted by molar-refractivity contribution is 4.83. The summed E-state index contributed by atoms with van der Waals surface area (Å²) in [6, 6.07) is 0. The Morgan fingerprint density at radius 1 is 0.556 bits per heavy atom. The lowest BCUT2D eigenvalue weighted by molar-refractivity contribution is 0.542. The molecule has 0 rings (SSSR count). The average Bonchev–Trinajstić information content (AvgIpc) is 2.39. The molecule has 0 aromatic heterocycles. The van der Waals surface area contributed by atoms with Gasteiger partial charge in [0.1, 0.15) is 0 Å². The summed E-state index contributed by atoms with van der Waals surface area (Å²) in [4.78, 5) is 0. The van der Waals surface area contributed by atoms with E-state index < -0.39 is 0 Å². The topological polar surface area (TPSA) is 0 Å². The van der Waals surface area contributed by atoms with Crippen LogP contribution in [-0.4, -0.2) is 0 Å². The first kappa shape index (κ1) is 17.7. The van der Waals surface area contributed by atoms with Gasteiger partial charge in [0.15, 0.2) is 0 Å². The summed E-state index contributed by atoms with van der Waals surface area (Å²) >= 11 is 0. The molecule has 0 unspecified atom stereocenters. The summed E-state index contributed by atoms with van der Waals surface area (Å²) in [6.07, 6.45) is 23.4. The summed E-state index contributed by atoms with van der Waals surface area (Å²) in [5, 5.41) is 0. The van der Waals surface area contributed by atoms with Crippen molar-refractivity contribution in [1.82, 2.24) is 0 Å². The molecule has 0 spiro atoms. The largest absolute Gasteiger partial charge is 0.0885 e. The van der Waals surface area contributed by atoms with Crippen molar-refractivity contribution in [3.63, 3.8) is 0 Å². The van der Waals surface area contributed by atoms with Gasteiger partial charge >= 0.3 is 0 Å². The van der Waals surface area contributed by atoms with Crippen LogP contribution in [0.4, 0.5) is 0 Å². The van der Waals surface area contributed by atoms with Gasteiger partial charge in [-0.25, -0.2) is 0 Å². The number of unbranched alkanes of at least 4 members (excludes halogenated alkanes) is 13. The van der Waals surface area contributed by atoms with E-state index in [0.29, 0.717) is 0 Å². The fourth-order valence-electron chi connectivity index (χ4n) is 2.32. The van der Waals surface area contributed by atoms with E-state index in [0.717, 1.165) is 6.42 Å². The molecule has 2 radical (unpaired) electrons. The molecule has 0 saturated heterocycles. The highest BCUT2D eigenvalue weighted by Gasteiger charge is 1.93. The molecule has 0 aromatic rings. The molecular weight excluding hydrogens is 216 g/mol. The molecule has 0 nitrogen and oxygen atoms in total. The summed E-state index contributed by atoms with van der Waals surface area (Å²) < 4.78 is 0. The van der Waals surface area contributed by atoms with Crippen molar-refractivity contribution in [1.29, 1.82) is 0 Å². The first-order valence-electron chi connectivity index (χ1n) is 8.15. The molecule has 0 bridgehead atoms. The van der Waals surface area contributed by atoms with Crippen molar-refractivity contribution in [2.45, 2.75) is 89.9 Å². The van der Waals surface area contributed by atoms with E-state index >= 15 is 0 Å². The van der Waals surface area contributed by atoms with Crippen molar-refractivity contribution >= 4 is 0 Å². The van der Waals surface area contributed by atoms with Crippen LogP contribution in [0.25, 0.3) is 0 Å². The van der Waals surface area contributed by atoms with Crippen molar-refractivity contribution in [2.24, 2.45) is 0 Å². The maximum atomic E-state index is 3.88. The van der Waals surface area contributed by atoms with Gasteiger partial charge in [0.2, 0.25) is 0 Å². The monoisotopic (exact) mass is 250 g/mol. The lowest BCUT2D eigenvalue weighted by atomic mass is 10.0. The minimum Gasteiger partial charge on any atom is -0.0885 e. The van der Waals surface area contributed by atoms with Gasteiger partial charge in [0, 0.05) is 0 Å². The van der Waals surface area contributed by atoms with Crippen LogP contribution in [0.15, 0.2) is 12.2 Å². The van der Waals surface area contributed by atoms with Gasteiger partial charge in [-0.05, 0) is 19.8 Å². The molecular formula is C18H34. The van der Waals surface area contributed by atoms with Crippen LogP contribution in [-0.2, 0) is 0 Å². The van der Waals surface area contributed by atoms with E-state index in [-0.39, 0.29) is 0 Å². The van der Waals surface area contributed by atoms with Crippen LogP contribution in [0.3, 0.4) is 0 Å². The first-order chi connectivity index (χ1) is 8.91. The minimum absolute atomic E-state index is 1.12. The molecule has 106 valence electrons. The Morgan fingerprint density at radius 2 is 0.944 bits per heavy atom. The lowest BCUT2D eigenvalue weighted by Crippen LogP contribution is -1.82. The Bertz CT molecular complexity index is 157. The van der Waals surface area contributed by atoms with Gasteiger partial charge in [0.25, 0.3) is 0 Å². The van der Waals surface area contributed by atoms with Crippen molar-refractivity contribution < 1.29 is 0 Å². The first-order valence-corrected chi connectivity index (χ1v) is 8.15. The second-order valence-electron chi connectivity index (χ2n) is 5.36. The van der Waals surface area contributed by atoms with Gasteiger partial charge in [-0.15, -0.1) is 0 Å². The Morgan fingerprint density at radius 3 is 1.33 bits per heavy atom. The Balaban J connectivity index is 2.90. The summed E-state index contributed by atoms with van der Waals surface area (Å²) in [7, 11) is 0. The quantitative estimate of drug-likeness (QED) is 0.302. The van der Waals surface area contributed by atoms with Gasteiger partial charge in [0.05, 0.1) is 0 Å². The highest BCUT2D eigenvalue weighted by Crippen LogP contribution is 2.12. The molecule has 0 aromatic carbocycles. The third-order valence-electron chi connectivity index (χ3n) is 3.54. The van der Waals surface area contributed by atoms with Crippen molar-refractivity contribution in [2.75, 3.05) is 0 Å². The van der Waals surface area contributed by atoms with Crippen LogP contribution in [0.2, 0.25) is 0 Å². The molecule has 0 atom stereocenters. The van der Waals surface area contributed by atoms with E-state index in [1.54, 1.807) is 0 Å². The Kier molecular flexibility index (Phi) is 16.5. The average molecular weight is 250 g/mol. The van der Waals surface area contributed by atoms with Gasteiger partial charge in [-0.1, -0.05) is 96.1 Å². The van der Waals surface area contributed by atoms with Crippen LogP contribution >= 0.6 is 0 Å².